The zero-order valence-corrected chi connectivity index (χ0v) is 16.2. The standard InChI is InChI=1S/C21H27N5O/c1-16-17(2)23-15-24-20(16)25-11-3-7-21(13-25)8-4-19(27)26(14-21)12-18-5-9-22-10-6-18/h5-6,9-10,15H,3-4,7-8,11-14H2,1-2H3. The summed E-state index contributed by atoms with van der Waals surface area (Å²) in [5, 5.41) is 0. The Morgan fingerprint density at radius 1 is 1.11 bits per heavy atom. The Kier molecular flexibility index (Phi) is 4.81. The normalized spacial score (nSPS) is 23.1. The summed E-state index contributed by atoms with van der Waals surface area (Å²) in [5.74, 6) is 1.32. The first-order chi connectivity index (χ1) is 13.1. The molecule has 2 aromatic rings. The molecule has 0 N–H and O–H groups in total. The Morgan fingerprint density at radius 3 is 2.74 bits per heavy atom. The molecule has 4 heterocycles. The van der Waals surface area contributed by atoms with Crippen LogP contribution in [0.15, 0.2) is 30.9 Å². The fourth-order valence-corrected chi connectivity index (χ4v) is 4.52. The van der Waals surface area contributed by atoms with Gasteiger partial charge in [0, 0.05) is 61.7 Å². The molecule has 2 saturated heterocycles. The van der Waals surface area contributed by atoms with E-state index >= 15 is 0 Å². The van der Waals surface area contributed by atoms with Crippen molar-refractivity contribution in [3.63, 3.8) is 0 Å². The summed E-state index contributed by atoms with van der Waals surface area (Å²) in [6.45, 7) is 7.63. The highest BCUT2D eigenvalue weighted by Gasteiger charge is 2.42. The molecule has 1 unspecified atom stereocenters. The predicted molar refractivity (Wildman–Crippen MR) is 104 cm³/mol. The Balaban J connectivity index is 1.53. The molecule has 2 fully saturated rings. The molecule has 0 saturated carbocycles. The fourth-order valence-electron chi connectivity index (χ4n) is 4.52. The summed E-state index contributed by atoms with van der Waals surface area (Å²) < 4.78 is 0. The van der Waals surface area contributed by atoms with Crippen LogP contribution >= 0.6 is 0 Å². The van der Waals surface area contributed by atoms with Crippen LogP contribution in [0.1, 0.15) is 42.5 Å². The van der Waals surface area contributed by atoms with Gasteiger partial charge >= 0.3 is 0 Å². The lowest BCUT2D eigenvalue weighted by molar-refractivity contribution is -0.138. The Hall–Kier alpha value is -2.50. The minimum Gasteiger partial charge on any atom is -0.356 e. The zero-order valence-electron chi connectivity index (χ0n) is 16.2. The van der Waals surface area contributed by atoms with Crippen LogP contribution in [0.3, 0.4) is 0 Å². The molecule has 1 amide bonds. The van der Waals surface area contributed by atoms with Crippen LogP contribution in [0.25, 0.3) is 0 Å². The van der Waals surface area contributed by atoms with Crippen molar-refractivity contribution < 1.29 is 4.79 Å². The fraction of sp³-hybridized carbons (Fsp3) is 0.524. The Bertz CT molecular complexity index is 825. The van der Waals surface area contributed by atoms with E-state index in [1.165, 1.54) is 6.42 Å². The summed E-state index contributed by atoms with van der Waals surface area (Å²) in [4.78, 5) is 30.0. The van der Waals surface area contributed by atoms with Crippen LogP contribution in [-0.2, 0) is 11.3 Å². The van der Waals surface area contributed by atoms with Crippen molar-refractivity contribution in [1.82, 2.24) is 19.9 Å². The second kappa shape index (κ2) is 7.25. The smallest absolute Gasteiger partial charge is 0.222 e. The highest BCUT2D eigenvalue weighted by Crippen LogP contribution is 2.40. The summed E-state index contributed by atoms with van der Waals surface area (Å²) in [6.07, 6.45) is 9.18. The number of hydrogen-bond donors (Lipinski definition) is 0. The second-order valence-corrected chi connectivity index (χ2v) is 8.04. The van der Waals surface area contributed by atoms with Crippen LogP contribution in [0.2, 0.25) is 0 Å². The molecule has 6 heteroatoms. The minimum atomic E-state index is 0.157. The average Bonchev–Trinajstić information content (AvgIpc) is 2.68. The first-order valence-corrected chi connectivity index (χ1v) is 9.76. The van der Waals surface area contributed by atoms with Gasteiger partial charge in [-0.05, 0) is 50.8 Å². The number of piperidine rings is 2. The van der Waals surface area contributed by atoms with Crippen molar-refractivity contribution in [2.24, 2.45) is 5.41 Å². The van der Waals surface area contributed by atoms with E-state index in [4.69, 9.17) is 0 Å². The SMILES string of the molecule is Cc1ncnc(N2CCCC3(CCC(=O)N(Cc4ccncc4)C3)C2)c1C. The number of aromatic nitrogens is 3. The minimum absolute atomic E-state index is 0.157. The third-order valence-corrected chi connectivity index (χ3v) is 6.14. The van der Waals surface area contributed by atoms with Crippen LogP contribution in [-0.4, -0.2) is 45.4 Å². The zero-order chi connectivity index (χ0) is 18.9. The van der Waals surface area contributed by atoms with E-state index in [9.17, 15) is 4.79 Å². The third-order valence-electron chi connectivity index (χ3n) is 6.14. The lowest BCUT2D eigenvalue weighted by Crippen LogP contribution is -2.54. The number of carbonyl (C=O) groups excluding carboxylic acids is 1. The molecule has 142 valence electrons. The number of nitrogens with zero attached hydrogens (tertiary/aromatic N) is 5. The maximum atomic E-state index is 12.6. The molecule has 2 aliphatic heterocycles. The number of amides is 1. The topological polar surface area (TPSA) is 62.2 Å². The van der Waals surface area contributed by atoms with Crippen molar-refractivity contribution in [3.05, 3.63) is 47.7 Å². The lowest BCUT2D eigenvalue weighted by Gasteiger charge is -2.48. The van der Waals surface area contributed by atoms with Crippen molar-refractivity contribution in [2.45, 2.75) is 46.1 Å². The van der Waals surface area contributed by atoms with E-state index in [0.29, 0.717) is 13.0 Å². The van der Waals surface area contributed by atoms with Gasteiger partial charge in [-0.2, -0.15) is 0 Å². The highest BCUT2D eigenvalue weighted by molar-refractivity contribution is 5.77. The molecule has 0 aromatic carbocycles. The van der Waals surface area contributed by atoms with E-state index < -0.39 is 0 Å². The number of likely N-dealkylation sites (tertiary alicyclic amines) is 1. The maximum absolute atomic E-state index is 12.6. The molecule has 0 aliphatic carbocycles. The van der Waals surface area contributed by atoms with Crippen LogP contribution in [0, 0.1) is 19.3 Å². The van der Waals surface area contributed by atoms with E-state index in [1.54, 1.807) is 18.7 Å². The summed E-state index contributed by atoms with van der Waals surface area (Å²) >= 11 is 0. The van der Waals surface area contributed by atoms with E-state index in [0.717, 1.165) is 55.1 Å². The number of anilines is 1. The van der Waals surface area contributed by atoms with Gasteiger partial charge in [-0.1, -0.05) is 0 Å². The summed E-state index contributed by atoms with van der Waals surface area (Å²) in [5.41, 5.74) is 3.50. The van der Waals surface area contributed by atoms with Crippen LogP contribution < -0.4 is 4.90 Å². The molecule has 0 radical (unpaired) electrons. The first kappa shape index (κ1) is 17.9. The van der Waals surface area contributed by atoms with Crippen molar-refractivity contribution in [2.75, 3.05) is 24.5 Å². The molecule has 2 aromatic heterocycles. The van der Waals surface area contributed by atoms with E-state index in [1.807, 2.05) is 24.0 Å². The quantitative estimate of drug-likeness (QED) is 0.837. The molecular weight excluding hydrogens is 338 g/mol. The molecule has 1 atom stereocenters. The van der Waals surface area contributed by atoms with Gasteiger partial charge < -0.3 is 9.80 Å². The van der Waals surface area contributed by atoms with Gasteiger partial charge in [-0.25, -0.2) is 9.97 Å². The van der Waals surface area contributed by atoms with Gasteiger partial charge in [-0.3, -0.25) is 9.78 Å². The number of rotatable bonds is 3. The van der Waals surface area contributed by atoms with Crippen molar-refractivity contribution >= 4 is 11.7 Å². The van der Waals surface area contributed by atoms with Crippen LogP contribution in [0.5, 0.6) is 0 Å². The Morgan fingerprint density at radius 2 is 1.93 bits per heavy atom. The molecule has 4 rings (SSSR count). The van der Waals surface area contributed by atoms with Gasteiger partial charge in [0.2, 0.25) is 5.91 Å². The third kappa shape index (κ3) is 3.66. The van der Waals surface area contributed by atoms with E-state index in [2.05, 4.69) is 26.8 Å². The largest absolute Gasteiger partial charge is 0.356 e. The Labute approximate surface area is 160 Å². The second-order valence-electron chi connectivity index (χ2n) is 8.04. The van der Waals surface area contributed by atoms with Gasteiger partial charge in [0.25, 0.3) is 0 Å². The first-order valence-electron chi connectivity index (χ1n) is 9.76. The number of carbonyl (C=O) groups is 1. The molecule has 6 nitrogen and oxygen atoms in total. The van der Waals surface area contributed by atoms with Gasteiger partial charge in [0.15, 0.2) is 0 Å². The molecule has 27 heavy (non-hydrogen) atoms. The van der Waals surface area contributed by atoms with Gasteiger partial charge in [0.05, 0.1) is 0 Å². The maximum Gasteiger partial charge on any atom is 0.222 e. The van der Waals surface area contributed by atoms with Gasteiger partial charge in [0.1, 0.15) is 12.1 Å². The molecule has 2 aliphatic rings. The average molecular weight is 365 g/mol. The monoisotopic (exact) mass is 365 g/mol. The number of hydrogen-bond acceptors (Lipinski definition) is 5. The molecular formula is C21H27N5O. The lowest BCUT2D eigenvalue weighted by atomic mass is 9.73. The molecule has 1 spiro atoms. The summed E-state index contributed by atoms with van der Waals surface area (Å²) in [7, 11) is 0. The van der Waals surface area contributed by atoms with Crippen molar-refractivity contribution in [1.29, 1.82) is 0 Å². The van der Waals surface area contributed by atoms with Gasteiger partial charge in [-0.15, -0.1) is 0 Å². The highest BCUT2D eigenvalue weighted by atomic mass is 16.2. The summed E-state index contributed by atoms with van der Waals surface area (Å²) in [6, 6.07) is 3.99. The number of pyridine rings is 1. The number of aryl methyl sites for hydroxylation is 1. The predicted octanol–water partition coefficient (Wildman–Crippen LogP) is 2.90. The van der Waals surface area contributed by atoms with Crippen LogP contribution in [0.4, 0.5) is 5.82 Å². The molecule has 0 bridgehead atoms. The van der Waals surface area contributed by atoms with Crippen molar-refractivity contribution in [3.8, 4) is 0 Å². The van der Waals surface area contributed by atoms with E-state index in [-0.39, 0.29) is 11.3 Å².